The van der Waals surface area contributed by atoms with Crippen LogP contribution in [-0.4, -0.2) is 66.5 Å². The quantitative estimate of drug-likeness (QED) is 0.346. The lowest BCUT2D eigenvalue weighted by Gasteiger charge is -2.44. The zero-order chi connectivity index (χ0) is 30.4. The van der Waals surface area contributed by atoms with Crippen LogP contribution >= 0.6 is 11.6 Å². The molecule has 44 heavy (non-hydrogen) atoms. The first kappa shape index (κ1) is 29.8. The van der Waals surface area contributed by atoms with E-state index in [1.54, 1.807) is 36.4 Å². The number of carbonyl (C=O) groups is 1. The number of piperidine rings is 2. The number of nitrogens with zero attached hydrogens (tertiary/aromatic N) is 2. The molecule has 4 atom stereocenters. The van der Waals surface area contributed by atoms with Crippen LogP contribution in [0.2, 0.25) is 5.02 Å². The van der Waals surface area contributed by atoms with Gasteiger partial charge in [0, 0.05) is 36.1 Å². The van der Waals surface area contributed by atoms with Crippen molar-refractivity contribution in [2.75, 3.05) is 6.54 Å². The maximum Gasteiger partial charge on any atom is 0.243 e. The second-order valence-corrected chi connectivity index (χ2v) is 15.2. The van der Waals surface area contributed by atoms with Crippen LogP contribution in [-0.2, 0) is 14.8 Å². The summed E-state index contributed by atoms with van der Waals surface area (Å²) in [5, 5.41) is 2.35. The molecule has 0 aromatic heterocycles. The summed E-state index contributed by atoms with van der Waals surface area (Å²) in [6.45, 7) is 0.186. The molecule has 3 aliphatic heterocycles. The highest BCUT2D eigenvalue weighted by Crippen LogP contribution is 2.39. The fourth-order valence-corrected chi connectivity index (χ4v) is 9.53. The first-order valence-corrected chi connectivity index (χ1v) is 17.8. The predicted molar refractivity (Wildman–Crippen MR) is 170 cm³/mol. The minimum atomic E-state index is -3.99. The summed E-state index contributed by atoms with van der Waals surface area (Å²) in [5.74, 6) is 1.33. The fourth-order valence-electron chi connectivity index (χ4n) is 7.76. The highest BCUT2D eigenvalue weighted by molar-refractivity contribution is 7.89. The van der Waals surface area contributed by atoms with Gasteiger partial charge in [0.25, 0.3) is 0 Å². The van der Waals surface area contributed by atoms with Crippen LogP contribution in [0.25, 0.3) is 10.8 Å². The maximum absolute atomic E-state index is 14.3. The van der Waals surface area contributed by atoms with E-state index in [0.29, 0.717) is 17.2 Å². The van der Waals surface area contributed by atoms with Crippen LogP contribution in [0.4, 0.5) is 0 Å². The van der Waals surface area contributed by atoms with Gasteiger partial charge in [-0.3, -0.25) is 4.79 Å². The van der Waals surface area contributed by atoms with E-state index in [-0.39, 0.29) is 54.1 Å². The van der Waals surface area contributed by atoms with Gasteiger partial charge < -0.3 is 20.1 Å². The Hall–Kier alpha value is -2.85. The number of carbonyl (C=O) groups excluding carboxylic acids is 1. The Bertz CT molecular complexity index is 1610. The first-order chi connectivity index (χ1) is 21.2. The van der Waals surface area contributed by atoms with Crippen LogP contribution in [0.3, 0.4) is 0 Å². The highest BCUT2D eigenvalue weighted by atomic mass is 35.5. The van der Waals surface area contributed by atoms with E-state index in [0.717, 1.165) is 55.0 Å². The zero-order valence-corrected chi connectivity index (χ0v) is 26.4. The molecule has 4 fully saturated rings. The van der Waals surface area contributed by atoms with Gasteiger partial charge in [-0.2, -0.15) is 4.31 Å². The predicted octanol–water partition coefficient (Wildman–Crippen LogP) is 5.90. The Morgan fingerprint density at radius 2 is 1.41 bits per heavy atom. The molecule has 1 amide bonds. The van der Waals surface area contributed by atoms with E-state index in [9.17, 15) is 13.2 Å². The van der Waals surface area contributed by atoms with Crippen LogP contribution in [0, 0.1) is 0 Å². The van der Waals surface area contributed by atoms with Gasteiger partial charge in [-0.15, -0.1) is 0 Å². The number of ether oxygens (including phenoxy) is 2. The van der Waals surface area contributed by atoms with Crippen LogP contribution in [0.5, 0.6) is 11.5 Å². The molecule has 1 aliphatic carbocycles. The molecule has 3 aromatic carbocycles. The van der Waals surface area contributed by atoms with Gasteiger partial charge in [0.2, 0.25) is 15.9 Å². The number of benzene rings is 3. The summed E-state index contributed by atoms with van der Waals surface area (Å²) in [5.41, 5.74) is 6.30. The molecule has 0 spiro atoms. The molecule has 2 bridgehead atoms. The molecule has 1 saturated carbocycles. The highest BCUT2D eigenvalue weighted by Gasteiger charge is 2.49. The third-order valence-corrected chi connectivity index (χ3v) is 12.1. The molecule has 234 valence electrons. The van der Waals surface area contributed by atoms with Gasteiger partial charge in [0.15, 0.2) is 0 Å². The first-order valence-electron chi connectivity index (χ1n) is 16.0. The Morgan fingerprint density at radius 3 is 2.14 bits per heavy atom. The normalized spacial score (nSPS) is 28.0. The summed E-state index contributed by atoms with van der Waals surface area (Å²) in [4.78, 5) is 16.5. The lowest BCUT2D eigenvalue weighted by atomic mass is 9.94. The second kappa shape index (κ2) is 12.2. The molecule has 7 rings (SSSR count). The molecule has 3 aromatic rings. The number of amides is 1. The van der Waals surface area contributed by atoms with Crippen molar-refractivity contribution < 1.29 is 22.7 Å². The lowest BCUT2D eigenvalue weighted by molar-refractivity contribution is -0.142. The van der Waals surface area contributed by atoms with Crippen molar-refractivity contribution in [2.24, 2.45) is 5.73 Å². The Balaban J connectivity index is 1.16. The van der Waals surface area contributed by atoms with Crippen molar-refractivity contribution in [3.05, 3.63) is 65.7 Å². The van der Waals surface area contributed by atoms with Crippen LogP contribution < -0.4 is 15.2 Å². The number of halogens is 1. The van der Waals surface area contributed by atoms with E-state index in [4.69, 9.17) is 26.8 Å². The van der Waals surface area contributed by atoms with Crippen molar-refractivity contribution in [3.8, 4) is 11.5 Å². The number of fused-ring (bicyclic) bond motifs is 3. The van der Waals surface area contributed by atoms with Crippen LogP contribution in [0.15, 0.2) is 65.6 Å². The van der Waals surface area contributed by atoms with Crippen molar-refractivity contribution in [2.45, 2.75) is 105 Å². The molecule has 3 heterocycles. The standard InChI is InChI=1S/C34H40ClN3O5S/c35-24-7-12-29(13-8-24)43-31-15-16-37(33(21-31)34(39)38-26-9-10-27(38)20-25(36)19-26)44(40,41)32-14-6-22-17-30(11-5-23(22)18-32)42-28-3-1-2-4-28/h5-8,11-14,17-18,25-28,31,33H,1-4,9-10,15-16,19-21,36H2/t25?,26?,27?,31-,33-/m1/s1. The largest absolute Gasteiger partial charge is 0.490 e. The smallest absolute Gasteiger partial charge is 0.243 e. The molecule has 2 N–H and O–H groups in total. The fraction of sp³-hybridized carbons (Fsp3) is 0.500. The van der Waals surface area contributed by atoms with Crippen molar-refractivity contribution in [1.29, 1.82) is 0 Å². The third-order valence-electron chi connectivity index (χ3n) is 9.93. The van der Waals surface area contributed by atoms with E-state index in [1.165, 1.54) is 17.1 Å². The monoisotopic (exact) mass is 637 g/mol. The summed E-state index contributed by atoms with van der Waals surface area (Å²) in [7, 11) is -3.99. The van der Waals surface area contributed by atoms with Gasteiger partial charge in [-0.1, -0.05) is 23.7 Å². The van der Waals surface area contributed by atoms with E-state index in [2.05, 4.69) is 0 Å². The summed E-state index contributed by atoms with van der Waals surface area (Å²) in [6.07, 6.45) is 8.54. The van der Waals surface area contributed by atoms with E-state index in [1.807, 2.05) is 29.2 Å². The zero-order valence-electron chi connectivity index (χ0n) is 24.8. The molecular weight excluding hydrogens is 598 g/mol. The number of rotatable bonds is 7. The SMILES string of the molecule is NC1CC2CCC(C1)N2C(=O)[C@H]1C[C@H](Oc2ccc(Cl)cc2)CCN1S(=O)(=O)c1ccc2cc(OC3CCCC3)ccc2c1. The molecule has 2 unspecified atom stereocenters. The minimum Gasteiger partial charge on any atom is -0.490 e. The van der Waals surface area contributed by atoms with Gasteiger partial charge in [0.1, 0.15) is 23.6 Å². The number of hydrogen-bond acceptors (Lipinski definition) is 6. The van der Waals surface area contributed by atoms with E-state index < -0.39 is 16.1 Å². The molecular formula is C34H40ClN3O5S. The van der Waals surface area contributed by atoms with Crippen LogP contribution in [0.1, 0.15) is 64.2 Å². The average molecular weight is 638 g/mol. The maximum atomic E-state index is 14.3. The molecule has 3 saturated heterocycles. The summed E-state index contributed by atoms with van der Waals surface area (Å²) >= 11 is 6.06. The Kier molecular flexibility index (Phi) is 8.24. The third kappa shape index (κ3) is 5.91. The van der Waals surface area contributed by atoms with E-state index >= 15 is 0 Å². The van der Waals surface area contributed by atoms with Crippen molar-refractivity contribution in [3.63, 3.8) is 0 Å². The molecule has 0 radical (unpaired) electrons. The molecule has 10 heteroatoms. The molecule has 8 nitrogen and oxygen atoms in total. The topological polar surface area (TPSA) is 102 Å². The number of hydrogen-bond donors (Lipinski definition) is 1. The summed E-state index contributed by atoms with van der Waals surface area (Å²) < 4.78 is 42.5. The summed E-state index contributed by atoms with van der Waals surface area (Å²) in [6, 6.07) is 17.5. The van der Waals surface area contributed by atoms with Crippen molar-refractivity contribution in [1.82, 2.24) is 9.21 Å². The van der Waals surface area contributed by atoms with Gasteiger partial charge in [-0.05, 0) is 117 Å². The van der Waals surface area contributed by atoms with Gasteiger partial charge >= 0.3 is 0 Å². The lowest BCUT2D eigenvalue weighted by Crippen LogP contribution is -2.60. The number of nitrogens with two attached hydrogens (primary N) is 1. The van der Waals surface area contributed by atoms with Gasteiger partial charge in [0.05, 0.1) is 11.0 Å². The van der Waals surface area contributed by atoms with Gasteiger partial charge in [-0.25, -0.2) is 8.42 Å². The average Bonchev–Trinajstić information content (AvgIpc) is 3.63. The van der Waals surface area contributed by atoms with Crippen molar-refractivity contribution >= 4 is 38.3 Å². The Morgan fingerprint density at radius 1 is 0.773 bits per heavy atom. The molecule has 4 aliphatic rings. The second-order valence-electron chi connectivity index (χ2n) is 12.9. The minimum absolute atomic E-state index is 0.0553. The number of sulfonamides is 1. The Labute approximate surface area is 264 Å².